The minimum atomic E-state index is -3.80. The minimum Gasteiger partial charge on any atom is -0.454 e. The molecule has 2 heterocycles. The molecule has 10 heteroatoms. The molecule has 0 spiro atoms. The number of sulfonamides is 2. The standard InChI is InChI=1S/C14H20N2O6S2/c17-23(18,16-7-2-1-3-8-16)9-6-15-24(19,20)12-4-5-13-14(10-12)22-11-21-13/h4-5,10,15H,1-3,6-9,11H2. The second kappa shape index (κ2) is 6.87. The highest BCUT2D eigenvalue weighted by molar-refractivity contribution is 7.90. The third-order valence-corrected chi connectivity index (χ3v) is 7.35. The summed E-state index contributed by atoms with van der Waals surface area (Å²) in [5, 5.41) is 0. The number of nitrogens with zero attached hydrogens (tertiary/aromatic N) is 1. The average Bonchev–Trinajstić information content (AvgIpc) is 3.03. The van der Waals surface area contributed by atoms with E-state index < -0.39 is 20.0 Å². The van der Waals surface area contributed by atoms with Gasteiger partial charge in [-0.05, 0) is 25.0 Å². The predicted octanol–water partition coefficient (Wildman–Crippen LogP) is 0.509. The second-order valence-electron chi connectivity index (χ2n) is 5.69. The number of rotatable bonds is 6. The molecule has 1 saturated heterocycles. The summed E-state index contributed by atoms with van der Waals surface area (Å²) in [5.41, 5.74) is 0. The molecular weight excluding hydrogens is 356 g/mol. The Labute approximate surface area is 141 Å². The largest absolute Gasteiger partial charge is 0.454 e. The van der Waals surface area contributed by atoms with E-state index in [0.717, 1.165) is 19.3 Å². The number of benzene rings is 1. The van der Waals surface area contributed by atoms with Crippen molar-refractivity contribution in [2.75, 3.05) is 32.2 Å². The van der Waals surface area contributed by atoms with Gasteiger partial charge in [0.15, 0.2) is 11.5 Å². The maximum absolute atomic E-state index is 12.3. The van der Waals surface area contributed by atoms with Crippen LogP contribution < -0.4 is 14.2 Å². The molecule has 0 radical (unpaired) electrons. The van der Waals surface area contributed by atoms with Crippen molar-refractivity contribution in [1.82, 2.24) is 9.03 Å². The molecule has 0 amide bonds. The Bertz CT molecular complexity index is 801. The normalized spacial score (nSPS) is 18.7. The van der Waals surface area contributed by atoms with E-state index in [1.54, 1.807) is 0 Å². The molecule has 0 aliphatic carbocycles. The molecule has 0 aromatic heterocycles. The minimum absolute atomic E-state index is 0.0159. The van der Waals surface area contributed by atoms with E-state index in [4.69, 9.17) is 9.47 Å². The van der Waals surface area contributed by atoms with Crippen LogP contribution >= 0.6 is 0 Å². The Hall–Kier alpha value is -1.36. The van der Waals surface area contributed by atoms with Gasteiger partial charge < -0.3 is 9.47 Å². The number of ether oxygens (including phenoxy) is 2. The zero-order valence-corrected chi connectivity index (χ0v) is 14.7. The maximum Gasteiger partial charge on any atom is 0.240 e. The Morgan fingerprint density at radius 3 is 2.46 bits per heavy atom. The van der Waals surface area contributed by atoms with Crippen LogP contribution in [0, 0.1) is 0 Å². The summed E-state index contributed by atoms with van der Waals surface area (Å²) < 4.78 is 63.0. The van der Waals surface area contributed by atoms with Gasteiger partial charge >= 0.3 is 0 Å². The number of piperidine rings is 1. The lowest BCUT2D eigenvalue weighted by molar-refractivity contribution is 0.174. The fraction of sp³-hybridized carbons (Fsp3) is 0.571. The van der Waals surface area contributed by atoms with Gasteiger partial charge in [-0.25, -0.2) is 25.9 Å². The van der Waals surface area contributed by atoms with Gasteiger partial charge in [-0.15, -0.1) is 0 Å². The summed E-state index contributed by atoms with van der Waals surface area (Å²) in [5.74, 6) is 0.594. The van der Waals surface area contributed by atoms with E-state index >= 15 is 0 Å². The van der Waals surface area contributed by atoms with Crippen LogP contribution in [0.4, 0.5) is 0 Å². The average molecular weight is 376 g/mol. The van der Waals surface area contributed by atoms with Gasteiger partial charge in [0.25, 0.3) is 0 Å². The van der Waals surface area contributed by atoms with Gasteiger partial charge in [0.2, 0.25) is 26.8 Å². The summed E-state index contributed by atoms with van der Waals surface area (Å²) in [6.45, 7) is 0.907. The third kappa shape index (κ3) is 3.82. The molecule has 134 valence electrons. The molecule has 0 bridgehead atoms. The predicted molar refractivity (Wildman–Crippen MR) is 87.0 cm³/mol. The second-order valence-corrected chi connectivity index (χ2v) is 9.54. The van der Waals surface area contributed by atoms with E-state index in [1.165, 1.54) is 22.5 Å². The van der Waals surface area contributed by atoms with E-state index in [0.29, 0.717) is 24.6 Å². The van der Waals surface area contributed by atoms with Crippen LogP contribution in [-0.4, -0.2) is 53.3 Å². The lowest BCUT2D eigenvalue weighted by Gasteiger charge is -2.25. The monoisotopic (exact) mass is 376 g/mol. The number of fused-ring (bicyclic) bond motifs is 1. The molecule has 2 aliphatic rings. The summed E-state index contributed by atoms with van der Waals surface area (Å²) in [6.07, 6.45) is 2.73. The van der Waals surface area contributed by atoms with Gasteiger partial charge in [-0.2, -0.15) is 0 Å². The first kappa shape index (κ1) is 17.5. The Kier molecular flexibility index (Phi) is 5.00. The molecule has 0 unspecified atom stereocenters. The van der Waals surface area contributed by atoms with Crippen LogP contribution in [0.15, 0.2) is 23.1 Å². The van der Waals surface area contributed by atoms with Gasteiger partial charge in [-0.3, -0.25) is 0 Å². The topological polar surface area (TPSA) is 102 Å². The molecule has 2 aliphatic heterocycles. The first-order valence-corrected chi connectivity index (χ1v) is 10.8. The molecule has 1 fully saturated rings. The van der Waals surface area contributed by atoms with Crippen molar-refractivity contribution in [1.29, 1.82) is 0 Å². The van der Waals surface area contributed by atoms with E-state index in [2.05, 4.69) is 4.72 Å². The highest BCUT2D eigenvalue weighted by Crippen LogP contribution is 2.33. The lowest BCUT2D eigenvalue weighted by Crippen LogP contribution is -2.40. The van der Waals surface area contributed by atoms with E-state index in [1.807, 2.05) is 0 Å². The fourth-order valence-corrected chi connectivity index (χ4v) is 5.31. The van der Waals surface area contributed by atoms with E-state index in [9.17, 15) is 16.8 Å². The van der Waals surface area contributed by atoms with Gasteiger partial charge in [0.1, 0.15) is 0 Å². The first-order valence-electron chi connectivity index (χ1n) is 7.76. The summed E-state index contributed by atoms with van der Waals surface area (Å²) in [7, 11) is -7.24. The van der Waals surface area contributed by atoms with Crippen LogP contribution in [0.1, 0.15) is 19.3 Å². The highest BCUT2D eigenvalue weighted by atomic mass is 32.2. The zero-order valence-electron chi connectivity index (χ0n) is 13.1. The van der Waals surface area contributed by atoms with Crippen molar-refractivity contribution in [2.45, 2.75) is 24.2 Å². The van der Waals surface area contributed by atoms with Crippen molar-refractivity contribution in [2.24, 2.45) is 0 Å². The lowest BCUT2D eigenvalue weighted by atomic mass is 10.2. The van der Waals surface area contributed by atoms with Gasteiger partial charge in [0, 0.05) is 25.7 Å². The number of nitrogens with one attached hydrogen (secondary N) is 1. The molecule has 3 rings (SSSR count). The van der Waals surface area contributed by atoms with Crippen LogP contribution in [0.2, 0.25) is 0 Å². The summed E-state index contributed by atoms with van der Waals surface area (Å²) in [6, 6.07) is 4.28. The van der Waals surface area contributed by atoms with Gasteiger partial charge in [-0.1, -0.05) is 6.42 Å². The zero-order chi connectivity index (χ0) is 17.2. The van der Waals surface area contributed by atoms with Crippen LogP contribution in [0.25, 0.3) is 0 Å². The van der Waals surface area contributed by atoms with Crippen molar-refractivity contribution in [3.05, 3.63) is 18.2 Å². The maximum atomic E-state index is 12.3. The first-order chi connectivity index (χ1) is 11.4. The Morgan fingerprint density at radius 1 is 1.00 bits per heavy atom. The molecule has 1 aromatic carbocycles. The van der Waals surface area contributed by atoms with Crippen molar-refractivity contribution < 1.29 is 26.3 Å². The molecule has 0 atom stereocenters. The molecule has 8 nitrogen and oxygen atoms in total. The molecule has 1 aromatic rings. The molecule has 0 saturated carbocycles. The molecule has 1 N–H and O–H groups in total. The fourth-order valence-electron chi connectivity index (χ4n) is 2.70. The summed E-state index contributed by atoms with van der Waals surface area (Å²) >= 11 is 0. The Balaban J connectivity index is 1.61. The SMILES string of the molecule is O=S(=O)(NCCS(=O)(=O)N1CCCCC1)c1ccc2c(c1)OCO2. The van der Waals surface area contributed by atoms with Crippen molar-refractivity contribution >= 4 is 20.0 Å². The quantitative estimate of drug-likeness (QED) is 0.776. The molecule has 24 heavy (non-hydrogen) atoms. The summed E-state index contributed by atoms with van der Waals surface area (Å²) in [4.78, 5) is 0.0159. The number of hydrogen-bond donors (Lipinski definition) is 1. The highest BCUT2D eigenvalue weighted by Gasteiger charge is 2.25. The van der Waals surface area contributed by atoms with Crippen LogP contribution in [0.3, 0.4) is 0 Å². The smallest absolute Gasteiger partial charge is 0.240 e. The van der Waals surface area contributed by atoms with Crippen LogP contribution in [-0.2, 0) is 20.0 Å². The molecular formula is C14H20N2O6S2. The third-order valence-electron chi connectivity index (χ3n) is 4.01. The Morgan fingerprint density at radius 2 is 1.71 bits per heavy atom. The van der Waals surface area contributed by atoms with Crippen molar-refractivity contribution in [3.8, 4) is 11.5 Å². The van der Waals surface area contributed by atoms with Crippen molar-refractivity contribution in [3.63, 3.8) is 0 Å². The number of hydrogen-bond acceptors (Lipinski definition) is 6. The van der Waals surface area contributed by atoms with E-state index in [-0.39, 0.29) is 24.0 Å². The van der Waals surface area contributed by atoms with Crippen LogP contribution in [0.5, 0.6) is 11.5 Å². The van der Waals surface area contributed by atoms with Gasteiger partial charge in [0.05, 0.1) is 10.6 Å².